The number of aromatic nitrogens is 3. The number of sulfone groups is 1. The number of carbonyl (C=O) groups excluding carboxylic acids is 1. The number of rotatable bonds is 4. The van der Waals surface area contributed by atoms with Crippen molar-refractivity contribution in [3.63, 3.8) is 0 Å². The maximum absolute atomic E-state index is 13.5. The van der Waals surface area contributed by atoms with Crippen LogP contribution in [0.5, 0.6) is 0 Å². The molecule has 11 heteroatoms. The van der Waals surface area contributed by atoms with Crippen molar-refractivity contribution in [3.8, 4) is 22.7 Å². The lowest BCUT2D eigenvalue weighted by Gasteiger charge is -2.27. The molecule has 0 radical (unpaired) electrons. The number of anilines is 3. The molecule has 1 aromatic carbocycles. The summed E-state index contributed by atoms with van der Waals surface area (Å²) in [6.45, 7) is 2.62. The van der Waals surface area contributed by atoms with Crippen LogP contribution in [0.3, 0.4) is 0 Å². The van der Waals surface area contributed by atoms with Crippen LogP contribution in [0.15, 0.2) is 76.5 Å². The van der Waals surface area contributed by atoms with Gasteiger partial charge in [-0.05, 0) is 49.7 Å². The summed E-state index contributed by atoms with van der Waals surface area (Å²) in [5, 5.41) is 6.20. The van der Waals surface area contributed by atoms with Crippen LogP contribution in [0, 0.1) is 0 Å². The number of amides is 2. The van der Waals surface area contributed by atoms with Crippen molar-refractivity contribution in [3.05, 3.63) is 67.2 Å². The summed E-state index contributed by atoms with van der Waals surface area (Å²) < 4.78 is 29.4. The third kappa shape index (κ3) is 4.78. The summed E-state index contributed by atoms with van der Waals surface area (Å²) in [5.74, 6) is 1.30. The molecule has 36 heavy (non-hydrogen) atoms. The number of pyridine rings is 2. The SMILES string of the molecule is C[C@@H]1CCNc2ccc(-c3cccc(S(C)(=O)=O)c3)nc2N1C(=O)Nc1cccc(-c2cnco2)n1. The molecule has 2 amide bonds. The van der Waals surface area contributed by atoms with Crippen molar-refractivity contribution in [2.24, 2.45) is 0 Å². The standard InChI is InChI=1S/C25H24N6O4S/c1-16-11-12-27-21-10-9-19(17-5-3-6-18(13-17)36(2,33)34)29-24(21)31(16)25(32)30-23-8-4-7-20(28-23)22-14-26-15-35-22/h3-10,13-16,27H,11-12H2,1-2H3,(H,28,30,32)/t16-/m1/s1. The lowest BCUT2D eigenvalue weighted by molar-refractivity contribution is 0.255. The molecular weight excluding hydrogens is 480 g/mol. The van der Waals surface area contributed by atoms with Crippen LogP contribution in [0.2, 0.25) is 0 Å². The molecule has 1 aliphatic heterocycles. The Morgan fingerprint density at radius 2 is 1.94 bits per heavy atom. The number of hydrogen-bond acceptors (Lipinski definition) is 8. The van der Waals surface area contributed by atoms with Gasteiger partial charge in [-0.25, -0.2) is 28.2 Å². The Morgan fingerprint density at radius 3 is 2.72 bits per heavy atom. The molecule has 184 valence electrons. The van der Waals surface area contributed by atoms with Crippen molar-refractivity contribution in [1.82, 2.24) is 15.0 Å². The second-order valence-electron chi connectivity index (χ2n) is 8.51. The van der Waals surface area contributed by atoms with E-state index in [1.165, 1.54) is 12.6 Å². The number of urea groups is 1. The molecule has 1 aliphatic rings. The monoisotopic (exact) mass is 504 g/mol. The first-order chi connectivity index (χ1) is 17.3. The Kier molecular flexibility index (Phi) is 6.15. The Balaban J connectivity index is 1.49. The Labute approximate surface area is 208 Å². The zero-order valence-electron chi connectivity index (χ0n) is 19.7. The Hall–Kier alpha value is -4.25. The first-order valence-electron chi connectivity index (χ1n) is 11.3. The van der Waals surface area contributed by atoms with E-state index in [4.69, 9.17) is 9.40 Å². The fourth-order valence-electron chi connectivity index (χ4n) is 4.02. The maximum Gasteiger partial charge on any atom is 0.328 e. The minimum Gasteiger partial charge on any atom is -0.442 e. The predicted octanol–water partition coefficient (Wildman–Crippen LogP) is 4.44. The molecule has 0 bridgehead atoms. The number of nitrogens with one attached hydrogen (secondary N) is 2. The Bertz CT molecular complexity index is 1520. The average Bonchev–Trinajstić information content (AvgIpc) is 3.34. The van der Waals surface area contributed by atoms with E-state index in [0.29, 0.717) is 53.0 Å². The number of benzene rings is 1. The van der Waals surface area contributed by atoms with Gasteiger partial charge in [0.2, 0.25) is 0 Å². The van der Waals surface area contributed by atoms with Crippen LogP contribution >= 0.6 is 0 Å². The normalized spacial score (nSPS) is 15.5. The minimum absolute atomic E-state index is 0.165. The van der Waals surface area contributed by atoms with E-state index >= 15 is 0 Å². The number of hydrogen-bond donors (Lipinski definition) is 2. The van der Waals surface area contributed by atoms with Crippen molar-refractivity contribution in [2.45, 2.75) is 24.3 Å². The molecule has 2 N–H and O–H groups in total. The molecule has 1 atom stereocenters. The topological polar surface area (TPSA) is 130 Å². The summed E-state index contributed by atoms with van der Waals surface area (Å²) in [5.41, 5.74) is 2.45. The van der Waals surface area contributed by atoms with Crippen LogP contribution in [0.4, 0.5) is 22.1 Å². The van der Waals surface area contributed by atoms with E-state index in [2.05, 4.69) is 20.6 Å². The number of nitrogens with zero attached hydrogens (tertiary/aromatic N) is 4. The zero-order valence-corrected chi connectivity index (χ0v) is 20.5. The van der Waals surface area contributed by atoms with Gasteiger partial charge < -0.3 is 9.73 Å². The van der Waals surface area contributed by atoms with Crippen molar-refractivity contribution in [1.29, 1.82) is 0 Å². The molecule has 5 rings (SSSR count). The van der Waals surface area contributed by atoms with Gasteiger partial charge in [-0.15, -0.1) is 0 Å². The van der Waals surface area contributed by atoms with E-state index in [-0.39, 0.29) is 17.0 Å². The average molecular weight is 505 g/mol. The second kappa shape index (κ2) is 9.42. The highest BCUT2D eigenvalue weighted by molar-refractivity contribution is 7.90. The number of carbonyl (C=O) groups is 1. The third-order valence-electron chi connectivity index (χ3n) is 5.87. The van der Waals surface area contributed by atoms with Gasteiger partial charge in [0.25, 0.3) is 0 Å². The zero-order chi connectivity index (χ0) is 25.3. The molecule has 0 saturated heterocycles. The molecule has 0 unspecified atom stereocenters. The first-order valence-corrected chi connectivity index (χ1v) is 13.2. The van der Waals surface area contributed by atoms with Crippen LogP contribution in [0.25, 0.3) is 22.7 Å². The van der Waals surface area contributed by atoms with Gasteiger partial charge >= 0.3 is 6.03 Å². The lowest BCUT2D eigenvalue weighted by atomic mass is 10.1. The van der Waals surface area contributed by atoms with Gasteiger partial charge in [-0.2, -0.15) is 0 Å². The summed E-state index contributed by atoms with van der Waals surface area (Å²) in [6.07, 6.45) is 4.74. The molecule has 0 aliphatic carbocycles. The molecule has 3 aromatic heterocycles. The highest BCUT2D eigenvalue weighted by atomic mass is 32.2. The van der Waals surface area contributed by atoms with E-state index in [1.54, 1.807) is 53.6 Å². The molecule has 0 saturated carbocycles. The van der Waals surface area contributed by atoms with E-state index < -0.39 is 9.84 Å². The minimum atomic E-state index is -3.38. The quantitative estimate of drug-likeness (QED) is 0.417. The number of fused-ring (bicyclic) bond motifs is 1. The van der Waals surface area contributed by atoms with Crippen LogP contribution in [0.1, 0.15) is 13.3 Å². The fraction of sp³-hybridized carbons (Fsp3) is 0.200. The summed E-state index contributed by atoms with van der Waals surface area (Å²) in [7, 11) is -3.38. The predicted molar refractivity (Wildman–Crippen MR) is 137 cm³/mol. The maximum atomic E-state index is 13.5. The Morgan fingerprint density at radius 1 is 1.11 bits per heavy atom. The van der Waals surface area contributed by atoms with Gasteiger partial charge in [0.15, 0.2) is 27.8 Å². The highest BCUT2D eigenvalue weighted by Gasteiger charge is 2.29. The molecule has 0 spiro atoms. The highest BCUT2D eigenvalue weighted by Crippen LogP contribution is 2.33. The van der Waals surface area contributed by atoms with Crippen LogP contribution in [-0.4, -0.2) is 48.2 Å². The fourth-order valence-corrected chi connectivity index (χ4v) is 4.69. The van der Waals surface area contributed by atoms with Gasteiger partial charge in [0.05, 0.1) is 22.5 Å². The third-order valence-corrected chi connectivity index (χ3v) is 6.98. The second-order valence-corrected chi connectivity index (χ2v) is 10.5. The molecule has 4 heterocycles. The smallest absolute Gasteiger partial charge is 0.328 e. The van der Waals surface area contributed by atoms with Crippen molar-refractivity contribution in [2.75, 3.05) is 28.3 Å². The lowest BCUT2D eigenvalue weighted by Crippen LogP contribution is -2.42. The summed E-state index contributed by atoms with van der Waals surface area (Å²) in [4.78, 5) is 28.5. The van der Waals surface area contributed by atoms with E-state index in [9.17, 15) is 13.2 Å². The number of oxazole rings is 1. The van der Waals surface area contributed by atoms with Crippen LogP contribution in [-0.2, 0) is 9.84 Å². The van der Waals surface area contributed by atoms with E-state index in [0.717, 1.165) is 0 Å². The van der Waals surface area contributed by atoms with Gasteiger partial charge in [0, 0.05) is 24.4 Å². The van der Waals surface area contributed by atoms with Gasteiger partial charge in [-0.1, -0.05) is 18.2 Å². The van der Waals surface area contributed by atoms with Gasteiger partial charge in [0.1, 0.15) is 11.5 Å². The van der Waals surface area contributed by atoms with Crippen molar-refractivity contribution < 1.29 is 17.6 Å². The summed E-state index contributed by atoms with van der Waals surface area (Å²) in [6, 6.07) is 14.9. The van der Waals surface area contributed by atoms with E-state index in [1.807, 2.05) is 19.1 Å². The van der Waals surface area contributed by atoms with Crippen LogP contribution < -0.4 is 15.5 Å². The largest absolute Gasteiger partial charge is 0.442 e. The first kappa shape index (κ1) is 23.5. The molecule has 0 fully saturated rings. The molecular formula is C25H24N6O4S. The van der Waals surface area contributed by atoms with Gasteiger partial charge in [-0.3, -0.25) is 10.2 Å². The molecule has 4 aromatic rings. The van der Waals surface area contributed by atoms with Crippen molar-refractivity contribution >= 4 is 33.2 Å². The summed E-state index contributed by atoms with van der Waals surface area (Å²) >= 11 is 0. The molecule has 10 nitrogen and oxygen atoms in total.